The normalized spacial score (nSPS) is 18.0. The summed E-state index contributed by atoms with van der Waals surface area (Å²) in [7, 11) is 0. The predicted octanol–water partition coefficient (Wildman–Crippen LogP) is 0.362. The number of rotatable bonds is 5. The van der Waals surface area contributed by atoms with Crippen LogP contribution in [-0.4, -0.2) is 64.7 Å². The maximum atomic E-state index is 12.3. The van der Waals surface area contributed by atoms with Crippen LogP contribution in [0.1, 0.15) is 30.1 Å². The highest BCUT2D eigenvalue weighted by molar-refractivity contribution is 5.93. The van der Waals surface area contributed by atoms with E-state index in [4.69, 9.17) is 5.73 Å². The van der Waals surface area contributed by atoms with Crippen LogP contribution >= 0.6 is 0 Å². The molecule has 1 amide bonds. The lowest BCUT2D eigenvalue weighted by Crippen LogP contribution is -2.52. The second kappa shape index (κ2) is 7.31. The summed E-state index contributed by atoms with van der Waals surface area (Å²) in [6.07, 6.45) is 5.22. The minimum atomic E-state index is 0.0476. The van der Waals surface area contributed by atoms with Crippen LogP contribution in [0.25, 0.3) is 0 Å². The molecule has 20 heavy (non-hydrogen) atoms. The van der Waals surface area contributed by atoms with E-state index in [1.54, 1.807) is 12.3 Å². The van der Waals surface area contributed by atoms with Gasteiger partial charge in [-0.2, -0.15) is 10.2 Å². The Morgan fingerprint density at radius 2 is 2.10 bits per heavy atom. The summed E-state index contributed by atoms with van der Waals surface area (Å²) >= 11 is 0. The van der Waals surface area contributed by atoms with Crippen LogP contribution < -0.4 is 5.73 Å². The molecule has 1 saturated heterocycles. The Morgan fingerprint density at radius 1 is 1.35 bits per heavy atom. The van der Waals surface area contributed by atoms with Crippen molar-refractivity contribution in [3.8, 4) is 0 Å². The zero-order valence-electron chi connectivity index (χ0n) is 12.0. The van der Waals surface area contributed by atoms with Crippen molar-refractivity contribution in [1.29, 1.82) is 0 Å². The molecule has 0 radical (unpaired) electrons. The van der Waals surface area contributed by atoms with Gasteiger partial charge in [-0.25, -0.2) is 0 Å². The van der Waals surface area contributed by atoms with E-state index in [1.807, 2.05) is 4.90 Å². The predicted molar refractivity (Wildman–Crippen MR) is 77.3 cm³/mol. The molecule has 1 aromatic rings. The third-order valence-electron chi connectivity index (χ3n) is 3.92. The highest BCUT2D eigenvalue weighted by Crippen LogP contribution is 2.13. The molecule has 2 rings (SSSR count). The Morgan fingerprint density at radius 3 is 2.65 bits per heavy atom. The number of nitrogens with zero attached hydrogens (tertiary/aromatic N) is 4. The molecule has 110 valence electrons. The fourth-order valence-corrected chi connectivity index (χ4v) is 2.73. The Hall–Kier alpha value is -1.53. The number of piperazine rings is 1. The molecule has 1 unspecified atom stereocenters. The number of hydrogen-bond acceptors (Lipinski definition) is 5. The van der Waals surface area contributed by atoms with Crippen LogP contribution in [0.2, 0.25) is 0 Å². The molecule has 1 aliphatic rings. The summed E-state index contributed by atoms with van der Waals surface area (Å²) in [6, 6.07) is 2.25. The molecule has 0 spiro atoms. The van der Waals surface area contributed by atoms with Gasteiger partial charge in [0.05, 0.1) is 18.0 Å². The molecule has 0 saturated carbocycles. The van der Waals surface area contributed by atoms with Crippen molar-refractivity contribution in [3.63, 3.8) is 0 Å². The van der Waals surface area contributed by atoms with E-state index in [0.717, 1.165) is 45.6 Å². The van der Waals surface area contributed by atoms with Crippen molar-refractivity contribution in [1.82, 2.24) is 20.0 Å². The standard InChI is InChI=1S/C14H23N5O/c1-2-13(3-5-15)18-7-9-19(10-8-18)14(20)12-4-6-16-17-11-12/h4,6,11,13H,2-3,5,7-10,15H2,1H3. The van der Waals surface area contributed by atoms with Gasteiger partial charge < -0.3 is 10.6 Å². The number of amides is 1. The third kappa shape index (κ3) is 3.52. The SMILES string of the molecule is CCC(CCN)N1CCN(C(=O)c2ccnnc2)CC1. The van der Waals surface area contributed by atoms with Crippen molar-refractivity contribution in [2.24, 2.45) is 5.73 Å². The molecule has 1 atom stereocenters. The molecular formula is C14H23N5O. The first-order valence-corrected chi connectivity index (χ1v) is 7.26. The molecule has 1 fully saturated rings. The molecule has 0 aliphatic carbocycles. The van der Waals surface area contributed by atoms with E-state index in [0.29, 0.717) is 11.6 Å². The van der Waals surface area contributed by atoms with Crippen LogP contribution in [0.3, 0.4) is 0 Å². The Bertz CT molecular complexity index is 417. The van der Waals surface area contributed by atoms with E-state index >= 15 is 0 Å². The van der Waals surface area contributed by atoms with Gasteiger partial charge in [0.25, 0.3) is 5.91 Å². The quantitative estimate of drug-likeness (QED) is 0.841. The lowest BCUT2D eigenvalue weighted by Gasteiger charge is -2.39. The summed E-state index contributed by atoms with van der Waals surface area (Å²) in [5.41, 5.74) is 6.27. The molecule has 1 aliphatic heterocycles. The first kappa shape index (κ1) is 14.9. The van der Waals surface area contributed by atoms with Crippen molar-refractivity contribution >= 4 is 5.91 Å². The number of nitrogens with two attached hydrogens (primary N) is 1. The molecule has 6 nitrogen and oxygen atoms in total. The van der Waals surface area contributed by atoms with Gasteiger partial charge in [0, 0.05) is 32.2 Å². The maximum Gasteiger partial charge on any atom is 0.255 e. The second-order valence-corrected chi connectivity index (χ2v) is 5.10. The number of carbonyl (C=O) groups is 1. The monoisotopic (exact) mass is 277 g/mol. The smallest absolute Gasteiger partial charge is 0.255 e. The van der Waals surface area contributed by atoms with Crippen LogP contribution in [0.15, 0.2) is 18.5 Å². The topological polar surface area (TPSA) is 75.3 Å². The van der Waals surface area contributed by atoms with Crippen LogP contribution in [0.4, 0.5) is 0 Å². The van der Waals surface area contributed by atoms with Gasteiger partial charge >= 0.3 is 0 Å². The summed E-state index contributed by atoms with van der Waals surface area (Å²) in [4.78, 5) is 16.6. The lowest BCUT2D eigenvalue weighted by molar-refractivity contribution is 0.0556. The van der Waals surface area contributed by atoms with Crippen LogP contribution in [0, 0.1) is 0 Å². The Kier molecular flexibility index (Phi) is 5.43. The first-order chi connectivity index (χ1) is 9.76. The fourth-order valence-electron chi connectivity index (χ4n) is 2.73. The molecule has 2 heterocycles. The summed E-state index contributed by atoms with van der Waals surface area (Å²) < 4.78 is 0. The maximum absolute atomic E-state index is 12.3. The zero-order valence-corrected chi connectivity index (χ0v) is 12.0. The minimum Gasteiger partial charge on any atom is -0.336 e. The van der Waals surface area contributed by atoms with Crippen molar-refractivity contribution in [2.45, 2.75) is 25.8 Å². The van der Waals surface area contributed by atoms with E-state index in [1.165, 1.54) is 6.20 Å². The zero-order chi connectivity index (χ0) is 14.4. The summed E-state index contributed by atoms with van der Waals surface area (Å²) in [6.45, 7) is 6.29. The minimum absolute atomic E-state index is 0.0476. The average molecular weight is 277 g/mol. The third-order valence-corrected chi connectivity index (χ3v) is 3.92. The van der Waals surface area contributed by atoms with Crippen LogP contribution in [-0.2, 0) is 0 Å². The highest BCUT2D eigenvalue weighted by Gasteiger charge is 2.25. The van der Waals surface area contributed by atoms with E-state index in [9.17, 15) is 4.79 Å². The fraction of sp³-hybridized carbons (Fsp3) is 0.643. The van der Waals surface area contributed by atoms with Gasteiger partial charge in [-0.3, -0.25) is 9.69 Å². The van der Waals surface area contributed by atoms with E-state index in [-0.39, 0.29) is 5.91 Å². The lowest BCUT2D eigenvalue weighted by atomic mass is 10.1. The molecule has 0 bridgehead atoms. The van der Waals surface area contributed by atoms with Gasteiger partial charge in [-0.15, -0.1) is 0 Å². The number of carbonyl (C=O) groups excluding carboxylic acids is 1. The highest BCUT2D eigenvalue weighted by atomic mass is 16.2. The first-order valence-electron chi connectivity index (χ1n) is 7.26. The molecule has 6 heteroatoms. The molecule has 1 aromatic heterocycles. The van der Waals surface area contributed by atoms with E-state index < -0.39 is 0 Å². The van der Waals surface area contributed by atoms with Crippen molar-refractivity contribution < 1.29 is 4.79 Å². The second-order valence-electron chi connectivity index (χ2n) is 5.10. The summed E-state index contributed by atoms with van der Waals surface area (Å²) in [5, 5.41) is 7.46. The Labute approximate surface area is 120 Å². The Balaban J connectivity index is 1.89. The van der Waals surface area contributed by atoms with Gasteiger partial charge in [0.1, 0.15) is 0 Å². The summed E-state index contributed by atoms with van der Waals surface area (Å²) in [5.74, 6) is 0.0476. The molecule has 0 aromatic carbocycles. The van der Waals surface area contributed by atoms with Gasteiger partial charge in [0.15, 0.2) is 0 Å². The van der Waals surface area contributed by atoms with Gasteiger partial charge in [-0.1, -0.05) is 6.92 Å². The molecular weight excluding hydrogens is 254 g/mol. The van der Waals surface area contributed by atoms with Gasteiger partial charge in [0.2, 0.25) is 0 Å². The number of hydrogen-bond donors (Lipinski definition) is 1. The van der Waals surface area contributed by atoms with Gasteiger partial charge in [-0.05, 0) is 25.5 Å². The largest absolute Gasteiger partial charge is 0.336 e. The van der Waals surface area contributed by atoms with Crippen molar-refractivity contribution in [2.75, 3.05) is 32.7 Å². The van der Waals surface area contributed by atoms with E-state index in [2.05, 4.69) is 22.0 Å². The van der Waals surface area contributed by atoms with Crippen LogP contribution in [0.5, 0.6) is 0 Å². The average Bonchev–Trinajstić information content (AvgIpc) is 2.53. The number of aromatic nitrogens is 2. The molecule has 2 N–H and O–H groups in total. The van der Waals surface area contributed by atoms with Crippen molar-refractivity contribution in [3.05, 3.63) is 24.0 Å².